The van der Waals surface area contributed by atoms with Crippen molar-refractivity contribution in [3.8, 4) is 0 Å². The summed E-state index contributed by atoms with van der Waals surface area (Å²) >= 11 is 5.36. The van der Waals surface area contributed by atoms with Crippen LogP contribution in [0.2, 0.25) is 0 Å². The summed E-state index contributed by atoms with van der Waals surface area (Å²) in [4.78, 5) is 3.12. The van der Waals surface area contributed by atoms with Gasteiger partial charge in [-0.2, -0.15) is 0 Å². The molecule has 3 aromatic rings. The number of hydrogen-bond acceptors (Lipinski definition) is 1. The quantitative estimate of drug-likeness (QED) is 0.684. The first-order chi connectivity index (χ1) is 9.16. The first kappa shape index (κ1) is 12.1. The molecule has 1 N–H and O–H groups in total. The van der Waals surface area contributed by atoms with E-state index in [1.165, 1.54) is 12.1 Å². The van der Waals surface area contributed by atoms with Gasteiger partial charge >= 0.3 is 0 Å². The summed E-state index contributed by atoms with van der Waals surface area (Å²) in [5.41, 5.74) is 2.79. The molecule has 0 saturated carbocycles. The van der Waals surface area contributed by atoms with E-state index in [0.29, 0.717) is 4.77 Å². The lowest BCUT2D eigenvalue weighted by molar-refractivity contribution is 0.622. The zero-order valence-electron chi connectivity index (χ0n) is 10.4. The summed E-state index contributed by atoms with van der Waals surface area (Å²) in [6.45, 7) is 2.06. The Kier molecular flexibility index (Phi) is 2.95. The molecule has 19 heavy (non-hydrogen) atoms. The third-order valence-corrected chi connectivity index (χ3v) is 3.65. The number of nitrogens with one attached hydrogen (secondary N) is 1. The van der Waals surface area contributed by atoms with Crippen LogP contribution < -0.4 is 0 Å². The number of halogens is 1. The maximum absolute atomic E-state index is 13.4. The molecule has 2 aromatic carbocycles. The number of nitrogens with zero attached hydrogens (tertiary/aromatic N) is 1. The van der Waals surface area contributed by atoms with Crippen molar-refractivity contribution in [3.63, 3.8) is 0 Å². The zero-order chi connectivity index (χ0) is 13.4. The van der Waals surface area contributed by atoms with E-state index in [4.69, 9.17) is 12.2 Å². The Morgan fingerprint density at radius 3 is 2.63 bits per heavy atom. The van der Waals surface area contributed by atoms with Crippen molar-refractivity contribution in [2.75, 3.05) is 0 Å². The maximum atomic E-state index is 13.4. The summed E-state index contributed by atoms with van der Waals surface area (Å²) in [5, 5.41) is 0. The van der Waals surface area contributed by atoms with Gasteiger partial charge in [0.05, 0.1) is 17.1 Å². The first-order valence-corrected chi connectivity index (χ1v) is 6.52. The third kappa shape index (κ3) is 2.08. The van der Waals surface area contributed by atoms with Gasteiger partial charge in [-0.05, 0) is 42.9 Å². The fourth-order valence-electron chi connectivity index (χ4n) is 2.36. The number of aromatic nitrogens is 2. The molecule has 0 aliphatic carbocycles. The number of rotatable bonds is 2. The predicted octanol–water partition coefficient (Wildman–Crippen LogP) is 4.45. The number of aromatic amines is 1. The van der Waals surface area contributed by atoms with Crippen LogP contribution in [0.3, 0.4) is 0 Å². The van der Waals surface area contributed by atoms with Crippen LogP contribution in [0, 0.1) is 10.6 Å². The van der Waals surface area contributed by atoms with Gasteiger partial charge < -0.3 is 9.55 Å². The predicted molar refractivity (Wildman–Crippen MR) is 77.3 cm³/mol. The van der Waals surface area contributed by atoms with Gasteiger partial charge in [0.15, 0.2) is 4.77 Å². The largest absolute Gasteiger partial charge is 0.331 e. The minimum atomic E-state index is -0.254. The number of benzene rings is 2. The molecule has 0 amide bonds. The van der Waals surface area contributed by atoms with Gasteiger partial charge in [-0.15, -0.1) is 0 Å². The normalized spacial score (nSPS) is 12.7. The highest BCUT2D eigenvalue weighted by atomic mass is 32.1. The average molecular weight is 272 g/mol. The standard InChI is InChI=1S/C15H13FN2S/c1-10(11-5-3-2-4-6-11)18-14-9-12(16)7-8-13(14)17-15(18)19/h2-10H,1H3,(H,17,19). The fourth-order valence-corrected chi connectivity index (χ4v) is 2.73. The molecule has 1 unspecified atom stereocenters. The smallest absolute Gasteiger partial charge is 0.178 e. The van der Waals surface area contributed by atoms with E-state index in [9.17, 15) is 4.39 Å². The molecular weight excluding hydrogens is 259 g/mol. The van der Waals surface area contributed by atoms with Gasteiger partial charge in [-0.25, -0.2) is 4.39 Å². The molecule has 0 fully saturated rings. The molecule has 1 heterocycles. The van der Waals surface area contributed by atoms with Gasteiger partial charge in [0.25, 0.3) is 0 Å². The Balaban J connectivity index is 2.22. The van der Waals surface area contributed by atoms with Gasteiger partial charge in [-0.1, -0.05) is 30.3 Å². The average Bonchev–Trinajstić information content (AvgIpc) is 2.74. The highest BCUT2D eigenvalue weighted by Crippen LogP contribution is 2.24. The van der Waals surface area contributed by atoms with Crippen LogP contribution in [-0.4, -0.2) is 9.55 Å². The van der Waals surface area contributed by atoms with Crippen LogP contribution in [0.1, 0.15) is 18.5 Å². The van der Waals surface area contributed by atoms with Gasteiger partial charge in [0, 0.05) is 0 Å². The molecule has 0 saturated heterocycles. The van der Waals surface area contributed by atoms with Crippen molar-refractivity contribution in [2.45, 2.75) is 13.0 Å². The molecule has 1 atom stereocenters. The second-order valence-corrected chi connectivity index (χ2v) is 4.93. The molecule has 2 nitrogen and oxygen atoms in total. The van der Waals surface area contributed by atoms with Crippen molar-refractivity contribution >= 4 is 23.3 Å². The topological polar surface area (TPSA) is 20.7 Å². The van der Waals surface area contributed by atoms with Gasteiger partial charge in [0.2, 0.25) is 0 Å². The minimum Gasteiger partial charge on any atom is -0.331 e. The van der Waals surface area contributed by atoms with Crippen LogP contribution in [0.4, 0.5) is 4.39 Å². The molecule has 3 rings (SSSR count). The van der Waals surface area contributed by atoms with E-state index in [1.54, 1.807) is 6.07 Å². The highest BCUT2D eigenvalue weighted by Gasteiger charge is 2.13. The summed E-state index contributed by atoms with van der Waals surface area (Å²) in [6.07, 6.45) is 0. The van der Waals surface area contributed by atoms with Crippen LogP contribution in [0.25, 0.3) is 11.0 Å². The summed E-state index contributed by atoms with van der Waals surface area (Å²) in [5.74, 6) is -0.254. The van der Waals surface area contributed by atoms with Crippen molar-refractivity contribution in [1.82, 2.24) is 9.55 Å². The molecule has 0 aliphatic heterocycles. The molecule has 0 aliphatic rings. The highest BCUT2D eigenvalue weighted by molar-refractivity contribution is 7.71. The van der Waals surface area contributed by atoms with E-state index in [2.05, 4.69) is 11.9 Å². The maximum Gasteiger partial charge on any atom is 0.178 e. The van der Waals surface area contributed by atoms with E-state index in [-0.39, 0.29) is 11.9 Å². The van der Waals surface area contributed by atoms with E-state index in [0.717, 1.165) is 16.6 Å². The summed E-state index contributed by atoms with van der Waals surface area (Å²) in [7, 11) is 0. The Hall–Kier alpha value is -1.94. The number of hydrogen-bond donors (Lipinski definition) is 1. The molecule has 0 radical (unpaired) electrons. The van der Waals surface area contributed by atoms with Crippen LogP contribution in [-0.2, 0) is 0 Å². The van der Waals surface area contributed by atoms with Crippen molar-refractivity contribution < 1.29 is 4.39 Å². The van der Waals surface area contributed by atoms with Gasteiger partial charge in [0.1, 0.15) is 5.82 Å². The lowest BCUT2D eigenvalue weighted by Crippen LogP contribution is -2.06. The molecule has 96 valence electrons. The Morgan fingerprint density at radius 2 is 1.89 bits per heavy atom. The molecule has 4 heteroatoms. The van der Waals surface area contributed by atoms with Crippen molar-refractivity contribution in [1.29, 1.82) is 0 Å². The number of imidazole rings is 1. The second kappa shape index (κ2) is 4.63. The summed E-state index contributed by atoms with van der Waals surface area (Å²) < 4.78 is 16.0. The second-order valence-electron chi connectivity index (χ2n) is 4.55. The van der Waals surface area contributed by atoms with E-state index >= 15 is 0 Å². The minimum absolute atomic E-state index is 0.0595. The van der Waals surface area contributed by atoms with Crippen molar-refractivity contribution in [3.05, 3.63) is 64.7 Å². The number of fused-ring (bicyclic) bond motifs is 1. The zero-order valence-corrected chi connectivity index (χ0v) is 11.2. The molecule has 0 spiro atoms. The Labute approximate surface area is 115 Å². The third-order valence-electron chi connectivity index (χ3n) is 3.35. The fraction of sp³-hybridized carbons (Fsp3) is 0.133. The van der Waals surface area contributed by atoms with Crippen molar-refractivity contribution in [2.24, 2.45) is 0 Å². The lowest BCUT2D eigenvalue weighted by atomic mass is 10.1. The number of H-pyrrole nitrogens is 1. The van der Waals surface area contributed by atoms with E-state index < -0.39 is 0 Å². The van der Waals surface area contributed by atoms with Crippen LogP contribution in [0.15, 0.2) is 48.5 Å². The lowest BCUT2D eigenvalue weighted by Gasteiger charge is -2.15. The van der Waals surface area contributed by atoms with Crippen LogP contribution in [0.5, 0.6) is 0 Å². The monoisotopic (exact) mass is 272 g/mol. The molecular formula is C15H13FN2S. The summed E-state index contributed by atoms with van der Waals surface area (Å²) in [6, 6.07) is 14.8. The molecule has 1 aromatic heterocycles. The SMILES string of the molecule is CC(c1ccccc1)n1c(=S)[nH]c2ccc(F)cc21. The Morgan fingerprint density at radius 1 is 1.16 bits per heavy atom. The Bertz CT molecular complexity index is 774. The first-order valence-electron chi connectivity index (χ1n) is 6.11. The molecule has 0 bridgehead atoms. The van der Waals surface area contributed by atoms with E-state index in [1.807, 2.05) is 34.9 Å². The van der Waals surface area contributed by atoms with Gasteiger partial charge in [-0.3, -0.25) is 0 Å². The van der Waals surface area contributed by atoms with Crippen LogP contribution >= 0.6 is 12.2 Å².